The summed E-state index contributed by atoms with van der Waals surface area (Å²) in [5, 5.41) is 4.45. The van der Waals surface area contributed by atoms with E-state index in [4.69, 9.17) is 11.6 Å². The van der Waals surface area contributed by atoms with E-state index in [0.29, 0.717) is 6.04 Å². The number of nitrogens with one attached hydrogen (secondary N) is 1. The molecule has 96 valence electrons. The van der Waals surface area contributed by atoms with Crippen molar-refractivity contribution in [1.29, 1.82) is 0 Å². The maximum Gasteiger partial charge on any atom is 0.0406 e. The van der Waals surface area contributed by atoms with E-state index in [-0.39, 0.29) is 0 Å². The second-order valence-electron chi connectivity index (χ2n) is 4.62. The number of halogens is 1. The molecular weight excluding hydrogens is 230 g/mol. The molecule has 0 radical (unpaired) electrons. The first-order chi connectivity index (χ1) is 8.26. The summed E-state index contributed by atoms with van der Waals surface area (Å²) in [5.41, 5.74) is 1.37. The summed E-state index contributed by atoms with van der Waals surface area (Å²) >= 11 is 5.90. The van der Waals surface area contributed by atoms with Gasteiger partial charge in [-0.1, -0.05) is 50.4 Å². The Morgan fingerprint density at radius 2 is 1.82 bits per heavy atom. The molecule has 0 aliphatic rings. The van der Waals surface area contributed by atoms with E-state index in [0.717, 1.165) is 18.0 Å². The fraction of sp³-hybridized carbons (Fsp3) is 0.600. The summed E-state index contributed by atoms with van der Waals surface area (Å²) in [7, 11) is 0. The molecule has 1 aromatic carbocycles. The molecule has 1 nitrogen and oxygen atoms in total. The molecule has 1 rings (SSSR count). The molecule has 0 heterocycles. The molecule has 0 aromatic heterocycles. The highest BCUT2D eigenvalue weighted by Gasteiger charge is 2.08. The molecule has 0 aliphatic carbocycles. The molecule has 1 aromatic rings. The first-order valence-corrected chi connectivity index (χ1v) is 7.11. The zero-order chi connectivity index (χ0) is 12.5. The van der Waals surface area contributed by atoms with Gasteiger partial charge in [0, 0.05) is 11.1 Å². The minimum Gasteiger partial charge on any atom is -0.314 e. The van der Waals surface area contributed by atoms with Gasteiger partial charge in [0.25, 0.3) is 0 Å². The van der Waals surface area contributed by atoms with Crippen molar-refractivity contribution in [3.05, 3.63) is 34.9 Å². The Bertz CT molecular complexity index is 286. The number of unbranched alkanes of at least 4 members (excludes halogenated alkanes) is 1. The molecule has 17 heavy (non-hydrogen) atoms. The molecule has 0 saturated heterocycles. The van der Waals surface area contributed by atoms with Crippen molar-refractivity contribution in [1.82, 2.24) is 5.32 Å². The highest BCUT2D eigenvalue weighted by atomic mass is 35.5. The second-order valence-corrected chi connectivity index (χ2v) is 5.06. The minimum absolute atomic E-state index is 0.607. The monoisotopic (exact) mass is 253 g/mol. The van der Waals surface area contributed by atoms with Crippen molar-refractivity contribution in [3.8, 4) is 0 Å². The topological polar surface area (TPSA) is 12.0 Å². The van der Waals surface area contributed by atoms with E-state index in [2.05, 4.69) is 31.3 Å². The van der Waals surface area contributed by atoms with Crippen LogP contribution in [0.1, 0.15) is 45.1 Å². The van der Waals surface area contributed by atoms with Crippen LogP contribution in [0.5, 0.6) is 0 Å². The van der Waals surface area contributed by atoms with Crippen LogP contribution in [0.25, 0.3) is 0 Å². The molecule has 1 unspecified atom stereocenters. The van der Waals surface area contributed by atoms with Gasteiger partial charge >= 0.3 is 0 Å². The van der Waals surface area contributed by atoms with Crippen LogP contribution in [0.2, 0.25) is 5.02 Å². The van der Waals surface area contributed by atoms with Crippen LogP contribution < -0.4 is 5.32 Å². The average Bonchev–Trinajstić information content (AvgIpc) is 2.35. The first kappa shape index (κ1) is 14.5. The van der Waals surface area contributed by atoms with Crippen LogP contribution in [0.15, 0.2) is 24.3 Å². The Morgan fingerprint density at radius 1 is 1.12 bits per heavy atom. The fourth-order valence-electron chi connectivity index (χ4n) is 1.98. The Morgan fingerprint density at radius 3 is 2.41 bits per heavy atom. The van der Waals surface area contributed by atoms with Crippen molar-refractivity contribution < 1.29 is 0 Å². The Balaban J connectivity index is 2.48. The van der Waals surface area contributed by atoms with E-state index >= 15 is 0 Å². The number of rotatable bonds is 8. The van der Waals surface area contributed by atoms with Crippen molar-refractivity contribution in [2.45, 2.75) is 52.0 Å². The summed E-state index contributed by atoms with van der Waals surface area (Å²) in [5.74, 6) is 0. The van der Waals surface area contributed by atoms with E-state index in [9.17, 15) is 0 Å². The molecule has 1 N–H and O–H groups in total. The Kier molecular flexibility index (Phi) is 7.30. The summed E-state index contributed by atoms with van der Waals surface area (Å²) in [6, 6.07) is 8.83. The van der Waals surface area contributed by atoms with Gasteiger partial charge < -0.3 is 5.32 Å². The van der Waals surface area contributed by atoms with Crippen LogP contribution in [-0.2, 0) is 6.42 Å². The Hall–Kier alpha value is -0.530. The van der Waals surface area contributed by atoms with E-state index < -0.39 is 0 Å². The normalized spacial score (nSPS) is 12.6. The lowest BCUT2D eigenvalue weighted by Gasteiger charge is -2.18. The molecular formula is C15H24ClN. The summed E-state index contributed by atoms with van der Waals surface area (Å²) in [6.45, 7) is 5.58. The van der Waals surface area contributed by atoms with Crippen molar-refractivity contribution >= 4 is 11.6 Å². The van der Waals surface area contributed by atoms with Gasteiger partial charge in [-0.2, -0.15) is 0 Å². The lowest BCUT2D eigenvalue weighted by Crippen LogP contribution is -2.31. The predicted molar refractivity (Wildman–Crippen MR) is 76.8 cm³/mol. The maximum atomic E-state index is 5.90. The van der Waals surface area contributed by atoms with Gasteiger partial charge in [-0.25, -0.2) is 0 Å². The van der Waals surface area contributed by atoms with Crippen molar-refractivity contribution in [3.63, 3.8) is 0 Å². The average molecular weight is 254 g/mol. The molecule has 0 saturated carbocycles. The third-order valence-corrected chi connectivity index (χ3v) is 3.24. The van der Waals surface area contributed by atoms with Crippen LogP contribution in [-0.4, -0.2) is 12.6 Å². The van der Waals surface area contributed by atoms with Gasteiger partial charge in [-0.15, -0.1) is 0 Å². The third-order valence-electron chi connectivity index (χ3n) is 2.98. The quantitative estimate of drug-likeness (QED) is 0.722. The lowest BCUT2D eigenvalue weighted by atomic mass is 10.0. The second kappa shape index (κ2) is 8.54. The van der Waals surface area contributed by atoms with E-state index in [1.807, 2.05) is 12.1 Å². The fourth-order valence-corrected chi connectivity index (χ4v) is 2.11. The molecule has 0 bridgehead atoms. The summed E-state index contributed by atoms with van der Waals surface area (Å²) < 4.78 is 0. The van der Waals surface area contributed by atoms with E-state index in [1.54, 1.807) is 0 Å². The van der Waals surface area contributed by atoms with Gasteiger partial charge in [-0.3, -0.25) is 0 Å². The zero-order valence-corrected chi connectivity index (χ0v) is 11.8. The smallest absolute Gasteiger partial charge is 0.0406 e. The SMILES string of the molecule is CCCCC(Cc1ccc(Cl)cc1)NCCC. The number of hydrogen-bond acceptors (Lipinski definition) is 1. The number of hydrogen-bond donors (Lipinski definition) is 1. The zero-order valence-electron chi connectivity index (χ0n) is 11.0. The lowest BCUT2D eigenvalue weighted by molar-refractivity contribution is 0.462. The highest BCUT2D eigenvalue weighted by molar-refractivity contribution is 6.30. The van der Waals surface area contributed by atoms with Crippen LogP contribution in [0.3, 0.4) is 0 Å². The molecule has 0 spiro atoms. The Labute approximate surface area is 111 Å². The van der Waals surface area contributed by atoms with Gasteiger partial charge in [0.05, 0.1) is 0 Å². The highest BCUT2D eigenvalue weighted by Crippen LogP contribution is 2.13. The largest absolute Gasteiger partial charge is 0.314 e. The van der Waals surface area contributed by atoms with Gasteiger partial charge in [0.1, 0.15) is 0 Å². The van der Waals surface area contributed by atoms with Crippen molar-refractivity contribution in [2.75, 3.05) is 6.54 Å². The van der Waals surface area contributed by atoms with Gasteiger partial charge in [0.15, 0.2) is 0 Å². The standard InChI is InChI=1S/C15H24ClN/c1-3-5-6-15(17-11-4-2)12-13-7-9-14(16)10-8-13/h7-10,15,17H,3-6,11-12H2,1-2H3. The summed E-state index contributed by atoms with van der Waals surface area (Å²) in [4.78, 5) is 0. The molecule has 1 atom stereocenters. The minimum atomic E-state index is 0.607. The maximum absolute atomic E-state index is 5.90. The van der Waals surface area contributed by atoms with Crippen LogP contribution in [0, 0.1) is 0 Å². The molecule has 0 fully saturated rings. The molecule has 0 amide bonds. The third kappa shape index (κ3) is 6.09. The first-order valence-electron chi connectivity index (χ1n) is 6.74. The van der Waals surface area contributed by atoms with Crippen LogP contribution >= 0.6 is 11.6 Å². The van der Waals surface area contributed by atoms with Crippen molar-refractivity contribution in [2.24, 2.45) is 0 Å². The van der Waals surface area contributed by atoms with Crippen LogP contribution in [0.4, 0.5) is 0 Å². The molecule has 2 heteroatoms. The molecule has 0 aliphatic heterocycles. The summed E-state index contributed by atoms with van der Waals surface area (Å²) in [6.07, 6.45) is 6.14. The number of benzene rings is 1. The van der Waals surface area contributed by atoms with Gasteiger partial charge in [0.2, 0.25) is 0 Å². The van der Waals surface area contributed by atoms with Gasteiger partial charge in [-0.05, 0) is 43.5 Å². The predicted octanol–water partition coefficient (Wildman–Crippen LogP) is 4.44. The van der Waals surface area contributed by atoms with E-state index in [1.165, 1.54) is 31.2 Å².